The molecule has 0 saturated carbocycles. The second-order valence-corrected chi connectivity index (χ2v) is 3.29. The van der Waals surface area contributed by atoms with Crippen LogP contribution in [0, 0.1) is 0 Å². The van der Waals surface area contributed by atoms with Gasteiger partial charge in [-0.3, -0.25) is 0 Å². The van der Waals surface area contributed by atoms with Crippen LogP contribution >= 0.6 is 12.2 Å². The quantitative estimate of drug-likeness (QED) is 0.659. The fraction of sp³-hybridized carbons (Fsp3) is 0.100. The molecule has 0 spiro atoms. The molecule has 2 nitrogen and oxygen atoms in total. The van der Waals surface area contributed by atoms with E-state index in [1.165, 1.54) is 30.4 Å². The molecule has 0 unspecified atom stereocenters. The molecule has 86 valence electrons. The van der Waals surface area contributed by atoms with Crippen molar-refractivity contribution in [1.82, 2.24) is 0 Å². The van der Waals surface area contributed by atoms with Gasteiger partial charge in [0.25, 0.3) is 0 Å². The van der Waals surface area contributed by atoms with E-state index in [0.29, 0.717) is 0 Å². The average molecular weight is 247 g/mol. The van der Waals surface area contributed by atoms with E-state index in [4.69, 9.17) is 5.73 Å². The van der Waals surface area contributed by atoms with E-state index in [2.05, 4.69) is 17.0 Å². The van der Waals surface area contributed by atoms with Gasteiger partial charge in [-0.2, -0.15) is 0 Å². The molecule has 2 N–H and O–H groups in total. The molecule has 1 aromatic carbocycles. The van der Waals surface area contributed by atoms with Crippen LogP contribution in [0.1, 0.15) is 5.56 Å². The Morgan fingerprint density at radius 1 is 1.31 bits per heavy atom. The Balaban J connectivity index is 2.96. The van der Waals surface area contributed by atoms with Crippen LogP contribution in [0.3, 0.4) is 0 Å². The summed E-state index contributed by atoms with van der Waals surface area (Å²) in [5.41, 5.74) is 5.46. The Labute approximate surface area is 95.5 Å². The number of hydrogen-bond acceptors (Lipinski definition) is 2. The number of para-hydroxylation sites is 1. The SMILES string of the molecule is NC(=S)/C=C/c1ccccc1OC(F)(F)F. The number of hydrogen-bond donors (Lipinski definition) is 1. The Morgan fingerprint density at radius 2 is 1.94 bits per heavy atom. The Bertz CT molecular complexity index is 415. The molecule has 0 amide bonds. The van der Waals surface area contributed by atoms with Crippen LogP contribution < -0.4 is 10.5 Å². The van der Waals surface area contributed by atoms with Crippen molar-refractivity contribution in [3.63, 3.8) is 0 Å². The van der Waals surface area contributed by atoms with E-state index in [-0.39, 0.29) is 16.3 Å². The van der Waals surface area contributed by atoms with E-state index >= 15 is 0 Å². The average Bonchev–Trinajstić information content (AvgIpc) is 2.14. The van der Waals surface area contributed by atoms with Gasteiger partial charge in [0.1, 0.15) is 5.75 Å². The summed E-state index contributed by atoms with van der Waals surface area (Å²) in [7, 11) is 0. The predicted molar refractivity (Wildman–Crippen MR) is 58.9 cm³/mol. The third kappa shape index (κ3) is 4.31. The summed E-state index contributed by atoms with van der Waals surface area (Å²) in [6.07, 6.45) is -2.02. The van der Waals surface area contributed by atoms with Gasteiger partial charge in [0.15, 0.2) is 0 Å². The van der Waals surface area contributed by atoms with Gasteiger partial charge in [-0.25, -0.2) is 0 Å². The van der Waals surface area contributed by atoms with Crippen molar-refractivity contribution in [2.75, 3.05) is 0 Å². The molecule has 16 heavy (non-hydrogen) atoms. The van der Waals surface area contributed by atoms with Crippen molar-refractivity contribution in [1.29, 1.82) is 0 Å². The Morgan fingerprint density at radius 3 is 2.50 bits per heavy atom. The van der Waals surface area contributed by atoms with Gasteiger partial charge in [0.2, 0.25) is 0 Å². The van der Waals surface area contributed by atoms with Crippen molar-refractivity contribution < 1.29 is 17.9 Å². The lowest BCUT2D eigenvalue weighted by Crippen LogP contribution is -2.17. The number of rotatable bonds is 3. The largest absolute Gasteiger partial charge is 0.573 e. The van der Waals surface area contributed by atoms with Gasteiger partial charge < -0.3 is 10.5 Å². The maximum atomic E-state index is 12.0. The molecule has 0 aliphatic heterocycles. The molecule has 0 atom stereocenters. The van der Waals surface area contributed by atoms with E-state index in [9.17, 15) is 13.2 Å². The molecule has 1 aromatic rings. The minimum absolute atomic E-state index is 0.0850. The standard InChI is InChI=1S/C10H8F3NOS/c11-10(12,13)15-8-4-2-1-3-7(8)5-6-9(14)16/h1-6H,(H2,14,16)/b6-5+. The van der Waals surface area contributed by atoms with Crippen molar-refractivity contribution in [2.24, 2.45) is 5.73 Å². The van der Waals surface area contributed by atoms with E-state index < -0.39 is 6.36 Å². The highest BCUT2D eigenvalue weighted by Gasteiger charge is 2.31. The molecule has 6 heteroatoms. The van der Waals surface area contributed by atoms with Gasteiger partial charge in [-0.1, -0.05) is 30.4 Å². The monoisotopic (exact) mass is 247 g/mol. The zero-order chi connectivity index (χ0) is 12.2. The van der Waals surface area contributed by atoms with E-state index in [1.54, 1.807) is 6.07 Å². The van der Waals surface area contributed by atoms with Crippen molar-refractivity contribution in [3.8, 4) is 5.75 Å². The van der Waals surface area contributed by atoms with Crippen LogP contribution in [0.2, 0.25) is 0 Å². The molecule has 0 bridgehead atoms. The van der Waals surface area contributed by atoms with Crippen LogP contribution in [-0.4, -0.2) is 11.4 Å². The number of halogens is 3. The maximum Gasteiger partial charge on any atom is 0.573 e. The third-order valence-corrected chi connectivity index (χ3v) is 1.71. The van der Waals surface area contributed by atoms with Gasteiger partial charge in [-0.15, -0.1) is 13.2 Å². The number of nitrogens with two attached hydrogens (primary N) is 1. The first-order valence-electron chi connectivity index (χ1n) is 4.21. The van der Waals surface area contributed by atoms with Gasteiger partial charge in [-0.05, 0) is 18.2 Å². The maximum absolute atomic E-state index is 12.0. The first kappa shape index (κ1) is 12.5. The minimum atomic E-state index is -4.72. The molecule has 0 aliphatic rings. The van der Waals surface area contributed by atoms with E-state index in [0.717, 1.165) is 0 Å². The van der Waals surface area contributed by atoms with Crippen LogP contribution in [0.5, 0.6) is 5.75 Å². The summed E-state index contributed by atoms with van der Waals surface area (Å²) in [6.45, 7) is 0. The van der Waals surface area contributed by atoms with Crippen LogP contribution in [0.4, 0.5) is 13.2 Å². The number of thiocarbonyl (C=S) groups is 1. The molecule has 0 radical (unpaired) electrons. The summed E-state index contributed by atoms with van der Waals surface area (Å²) in [5.74, 6) is -0.289. The van der Waals surface area contributed by atoms with Crippen molar-refractivity contribution >= 4 is 23.3 Å². The Kier molecular flexibility index (Phi) is 3.89. The fourth-order valence-corrected chi connectivity index (χ4v) is 1.08. The summed E-state index contributed by atoms with van der Waals surface area (Å²) in [6, 6.07) is 5.71. The lowest BCUT2D eigenvalue weighted by Gasteiger charge is -2.10. The molecule has 0 heterocycles. The first-order chi connectivity index (χ1) is 7.38. The van der Waals surface area contributed by atoms with Gasteiger partial charge in [0, 0.05) is 5.56 Å². The summed E-state index contributed by atoms with van der Waals surface area (Å²) >= 11 is 4.58. The lowest BCUT2D eigenvalue weighted by molar-refractivity contribution is -0.274. The highest BCUT2D eigenvalue weighted by atomic mass is 32.1. The Hall–Kier alpha value is -1.56. The summed E-state index contributed by atoms with van der Waals surface area (Å²) in [4.78, 5) is 0.0850. The van der Waals surface area contributed by atoms with Crippen molar-refractivity contribution in [3.05, 3.63) is 35.9 Å². The molecular weight excluding hydrogens is 239 g/mol. The minimum Gasteiger partial charge on any atom is -0.405 e. The highest BCUT2D eigenvalue weighted by molar-refractivity contribution is 7.80. The molecule has 0 aliphatic carbocycles. The smallest absolute Gasteiger partial charge is 0.405 e. The first-order valence-corrected chi connectivity index (χ1v) is 4.61. The van der Waals surface area contributed by atoms with Crippen LogP contribution in [0.25, 0.3) is 6.08 Å². The lowest BCUT2D eigenvalue weighted by atomic mass is 10.2. The second-order valence-electron chi connectivity index (χ2n) is 2.82. The molecule has 0 saturated heterocycles. The van der Waals surface area contributed by atoms with Crippen LogP contribution in [0.15, 0.2) is 30.3 Å². The zero-order valence-electron chi connectivity index (χ0n) is 7.99. The molecule has 1 rings (SSSR count). The highest BCUT2D eigenvalue weighted by Crippen LogP contribution is 2.26. The zero-order valence-corrected chi connectivity index (χ0v) is 8.81. The molecule has 0 aromatic heterocycles. The number of alkyl halides is 3. The molecule has 0 fully saturated rings. The van der Waals surface area contributed by atoms with E-state index in [1.807, 2.05) is 0 Å². The van der Waals surface area contributed by atoms with Crippen LogP contribution in [-0.2, 0) is 0 Å². The summed E-state index contributed by atoms with van der Waals surface area (Å²) in [5, 5.41) is 0. The topological polar surface area (TPSA) is 35.2 Å². The fourth-order valence-electron chi connectivity index (χ4n) is 1.01. The van der Waals surface area contributed by atoms with Gasteiger partial charge >= 0.3 is 6.36 Å². The number of benzene rings is 1. The molecular formula is C10H8F3NOS. The van der Waals surface area contributed by atoms with Crippen molar-refractivity contribution in [2.45, 2.75) is 6.36 Å². The van der Waals surface area contributed by atoms with Gasteiger partial charge in [0.05, 0.1) is 4.99 Å². The predicted octanol–water partition coefficient (Wildman–Crippen LogP) is 2.88. The third-order valence-electron chi connectivity index (χ3n) is 1.57. The normalized spacial score (nSPS) is 11.7. The summed E-state index contributed by atoms with van der Waals surface area (Å²) < 4.78 is 39.9. The number of ether oxygens (including phenoxy) is 1. The second kappa shape index (κ2) is 4.98.